The topological polar surface area (TPSA) is 65.2 Å². The molecule has 4 nitrogen and oxygen atoms in total. The summed E-state index contributed by atoms with van der Waals surface area (Å²) in [5.74, 6) is -0.354. The number of rotatable bonds is 6. The van der Waals surface area contributed by atoms with Crippen molar-refractivity contribution >= 4 is 33.2 Å². The highest BCUT2D eigenvalue weighted by molar-refractivity contribution is 7.21. The van der Waals surface area contributed by atoms with Crippen LogP contribution >= 0.6 is 11.3 Å². The van der Waals surface area contributed by atoms with E-state index in [0.717, 1.165) is 34.3 Å². The van der Waals surface area contributed by atoms with Crippen molar-refractivity contribution in [1.82, 2.24) is 4.98 Å². The normalized spacial score (nSPS) is 11.1. The maximum atomic E-state index is 12.0. The number of nitrogen functional groups attached to an aromatic ring is 1. The zero-order chi connectivity index (χ0) is 16.3. The highest BCUT2D eigenvalue weighted by Crippen LogP contribution is 2.37. The number of fused-ring (bicyclic) bond motifs is 1. The summed E-state index contributed by atoms with van der Waals surface area (Å²) in [6.45, 7) is 8.45. The second-order valence-corrected chi connectivity index (χ2v) is 6.50. The van der Waals surface area contributed by atoms with Gasteiger partial charge in [-0.25, -0.2) is 9.78 Å². The van der Waals surface area contributed by atoms with Gasteiger partial charge in [0.15, 0.2) is 0 Å². The number of aryl methyl sites for hydroxylation is 2. The smallest absolute Gasteiger partial charge is 0.350 e. The number of thiophene rings is 1. The number of carbonyl (C=O) groups is 1. The summed E-state index contributed by atoms with van der Waals surface area (Å²) < 4.78 is 5.08. The molecule has 0 amide bonds. The van der Waals surface area contributed by atoms with Gasteiger partial charge in [0.1, 0.15) is 9.71 Å². The molecule has 0 fully saturated rings. The number of unbranched alkanes of at least 4 members (excludes halogenated alkanes) is 2. The molecule has 0 atom stereocenters. The lowest BCUT2D eigenvalue weighted by molar-refractivity contribution is 0.0533. The first kappa shape index (κ1) is 16.7. The van der Waals surface area contributed by atoms with Crippen molar-refractivity contribution in [2.24, 2.45) is 0 Å². The third-order valence-electron chi connectivity index (χ3n) is 3.95. The van der Waals surface area contributed by atoms with Gasteiger partial charge in [0, 0.05) is 11.1 Å². The van der Waals surface area contributed by atoms with E-state index in [9.17, 15) is 4.79 Å². The van der Waals surface area contributed by atoms with Gasteiger partial charge in [0.05, 0.1) is 12.3 Å². The molecule has 2 heterocycles. The summed E-state index contributed by atoms with van der Waals surface area (Å²) in [6.07, 6.45) is 4.57. The fourth-order valence-electron chi connectivity index (χ4n) is 2.78. The average molecular weight is 320 g/mol. The zero-order valence-electron chi connectivity index (χ0n) is 13.8. The van der Waals surface area contributed by atoms with Crippen LogP contribution in [0.5, 0.6) is 0 Å². The quantitative estimate of drug-likeness (QED) is 0.632. The molecule has 0 unspecified atom stereocenters. The first-order valence-corrected chi connectivity index (χ1v) is 8.68. The Balaban J connectivity index is 2.49. The van der Waals surface area contributed by atoms with Gasteiger partial charge in [0.25, 0.3) is 0 Å². The molecule has 0 aliphatic carbocycles. The minimum absolute atomic E-state index is 0.347. The third-order valence-corrected chi connectivity index (χ3v) is 5.03. The first-order valence-electron chi connectivity index (χ1n) is 7.86. The highest BCUT2D eigenvalue weighted by Gasteiger charge is 2.21. The summed E-state index contributed by atoms with van der Waals surface area (Å²) in [4.78, 5) is 18.0. The summed E-state index contributed by atoms with van der Waals surface area (Å²) in [5, 5.41) is 0.921. The number of nitrogens with two attached hydrogens (primary N) is 1. The Bertz CT molecular complexity index is 692. The number of pyridine rings is 1. The number of aromatic nitrogens is 1. The van der Waals surface area contributed by atoms with Crippen molar-refractivity contribution in [3.63, 3.8) is 0 Å². The second-order valence-electron chi connectivity index (χ2n) is 5.50. The van der Waals surface area contributed by atoms with E-state index >= 15 is 0 Å². The molecule has 5 heteroatoms. The van der Waals surface area contributed by atoms with Crippen molar-refractivity contribution in [3.05, 3.63) is 21.7 Å². The van der Waals surface area contributed by atoms with Crippen LogP contribution in [0.15, 0.2) is 0 Å². The number of anilines is 1. The lowest BCUT2D eigenvalue weighted by Crippen LogP contribution is -2.05. The maximum Gasteiger partial charge on any atom is 0.350 e. The Kier molecular flexibility index (Phi) is 5.40. The minimum atomic E-state index is -0.354. The molecule has 0 bridgehead atoms. The molecule has 2 N–H and O–H groups in total. The molecular formula is C17H24N2O2S. The van der Waals surface area contributed by atoms with E-state index < -0.39 is 0 Å². The first-order chi connectivity index (χ1) is 10.5. The van der Waals surface area contributed by atoms with E-state index in [1.54, 1.807) is 6.92 Å². The summed E-state index contributed by atoms with van der Waals surface area (Å²) in [7, 11) is 0. The van der Waals surface area contributed by atoms with Gasteiger partial charge in [0.2, 0.25) is 0 Å². The Labute approximate surface area is 135 Å². The highest BCUT2D eigenvalue weighted by atomic mass is 32.1. The van der Waals surface area contributed by atoms with Gasteiger partial charge in [-0.3, -0.25) is 0 Å². The summed E-state index contributed by atoms with van der Waals surface area (Å²) in [6, 6.07) is 0. The van der Waals surface area contributed by atoms with Crippen LogP contribution in [0.1, 0.15) is 59.6 Å². The van der Waals surface area contributed by atoms with Crippen molar-refractivity contribution < 1.29 is 9.53 Å². The number of hydrogen-bond donors (Lipinski definition) is 1. The summed E-state index contributed by atoms with van der Waals surface area (Å²) >= 11 is 1.33. The fourth-order valence-corrected chi connectivity index (χ4v) is 3.88. The lowest BCUT2D eigenvalue weighted by atomic mass is 9.98. The zero-order valence-corrected chi connectivity index (χ0v) is 14.6. The molecule has 0 saturated carbocycles. The Morgan fingerprint density at radius 3 is 2.64 bits per heavy atom. The van der Waals surface area contributed by atoms with Gasteiger partial charge < -0.3 is 10.5 Å². The van der Waals surface area contributed by atoms with Crippen molar-refractivity contribution in [2.75, 3.05) is 12.3 Å². The van der Waals surface area contributed by atoms with Crippen LogP contribution in [0.2, 0.25) is 0 Å². The number of ether oxygens (including phenoxy) is 1. The second kappa shape index (κ2) is 7.09. The molecule has 0 saturated heterocycles. The molecule has 2 aromatic heterocycles. The standard InChI is InChI=1S/C17H24N2O2S/c1-5-7-8-9-12-10(3)13-14(18)15(17(20)21-6-2)22-16(13)19-11(12)4/h5-9,18H2,1-4H3. The van der Waals surface area contributed by atoms with Gasteiger partial charge >= 0.3 is 5.97 Å². The SMILES string of the molecule is CCCCCc1c(C)nc2sc(C(=O)OCC)c(N)c2c1C. The predicted molar refractivity (Wildman–Crippen MR) is 92.7 cm³/mol. The van der Waals surface area contributed by atoms with Gasteiger partial charge in [-0.05, 0) is 44.7 Å². The van der Waals surface area contributed by atoms with Crippen LogP contribution in [0.25, 0.3) is 10.2 Å². The van der Waals surface area contributed by atoms with E-state index in [4.69, 9.17) is 10.5 Å². The largest absolute Gasteiger partial charge is 0.462 e. The number of hydrogen-bond acceptors (Lipinski definition) is 5. The average Bonchev–Trinajstić information content (AvgIpc) is 2.80. The molecule has 0 aliphatic rings. The molecular weight excluding hydrogens is 296 g/mol. The number of nitrogens with zero attached hydrogens (tertiary/aromatic N) is 1. The molecule has 0 aliphatic heterocycles. The molecule has 0 aromatic carbocycles. The van der Waals surface area contributed by atoms with Crippen molar-refractivity contribution in [2.45, 2.75) is 53.4 Å². The maximum absolute atomic E-state index is 12.0. The van der Waals surface area contributed by atoms with Crippen LogP contribution in [-0.2, 0) is 11.2 Å². The van der Waals surface area contributed by atoms with E-state index in [0.29, 0.717) is 17.2 Å². The third kappa shape index (κ3) is 3.09. The number of esters is 1. The van der Waals surface area contributed by atoms with E-state index in [-0.39, 0.29) is 5.97 Å². The van der Waals surface area contributed by atoms with Crippen LogP contribution in [-0.4, -0.2) is 17.6 Å². The lowest BCUT2D eigenvalue weighted by Gasteiger charge is -2.10. The van der Waals surface area contributed by atoms with Gasteiger partial charge in [-0.1, -0.05) is 19.8 Å². The molecule has 22 heavy (non-hydrogen) atoms. The minimum Gasteiger partial charge on any atom is -0.462 e. The molecule has 2 rings (SSSR count). The Morgan fingerprint density at radius 2 is 2.00 bits per heavy atom. The monoisotopic (exact) mass is 320 g/mol. The predicted octanol–water partition coefficient (Wildman–Crippen LogP) is 4.40. The molecule has 0 spiro atoms. The van der Waals surface area contributed by atoms with Crippen LogP contribution in [0, 0.1) is 13.8 Å². The van der Waals surface area contributed by atoms with Crippen LogP contribution in [0.3, 0.4) is 0 Å². The summed E-state index contributed by atoms with van der Waals surface area (Å²) in [5.41, 5.74) is 10.2. The van der Waals surface area contributed by atoms with E-state index in [1.165, 1.54) is 29.7 Å². The molecule has 0 radical (unpaired) electrons. The van der Waals surface area contributed by atoms with Gasteiger partial charge in [-0.2, -0.15) is 0 Å². The van der Waals surface area contributed by atoms with Gasteiger partial charge in [-0.15, -0.1) is 11.3 Å². The Hall–Kier alpha value is -1.62. The fraction of sp³-hybridized carbons (Fsp3) is 0.529. The molecule has 2 aromatic rings. The van der Waals surface area contributed by atoms with Crippen LogP contribution < -0.4 is 5.73 Å². The van der Waals surface area contributed by atoms with E-state index in [2.05, 4.69) is 18.8 Å². The Morgan fingerprint density at radius 1 is 1.27 bits per heavy atom. The van der Waals surface area contributed by atoms with Crippen molar-refractivity contribution in [1.29, 1.82) is 0 Å². The van der Waals surface area contributed by atoms with Crippen molar-refractivity contribution in [3.8, 4) is 0 Å². The van der Waals surface area contributed by atoms with E-state index in [1.807, 2.05) is 6.92 Å². The van der Waals surface area contributed by atoms with Crippen LogP contribution in [0.4, 0.5) is 5.69 Å². The molecule has 120 valence electrons. The number of carbonyl (C=O) groups excluding carboxylic acids is 1.